The summed E-state index contributed by atoms with van der Waals surface area (Å²) in [7, 11) is 5.50. The maximum Gasteiger partial charge on any atom is 0.254 e. The van der Waals surface area contributed by atoms with E-state index >= 15 is 0 Å². The summed E-state index contributed by atoms with van der Waals surface area (Å²) in [4.78, 5) is 26.2. The van der Waals surface area contributed by atoms with Crippen LogP contribution in [0.5, 0.6) is 5.75 Å². The van der Waals surface area contributed by atoms with Gasteiger partial charge in [-0.15, -0.1) is 0 Å². The van der Waals surface area contributed by atoms with Crippen LogP contribution >= 0.6 is 0 Å². The van der Waals surface area contributed by atoms with E-state index in [0.717, 1.165) is 36.5 Å². The molecule has 182 valence electrons. The van der Waals surface area contributed by atoms with Crippen molar-refractivity contribution in [1.82, 2.24) is 19.8 Å². The molecule has 2 N–H and O–H groups in total. The fraction of sp³-hybridized carbons (Fsp3) is 0.346. The van der Waals surface area contributed by atoms with Gasteiger partial charge in [-0.3, -0.25) is 9.78 Å². The van der Waals surface area contributed by atoms with Crippen LogP contribution in [0.3, 0.4) is 0 Å². The lowest BCUT2D eigenvalue weighted by molar-refractivity contribution is 0.0737. The van der Waals surface area contributed by atoms with E-state index < -0.39 is 0 Å². The number of methoxy groups -OCH3 is 1. The van der Waals surface area contributed by atoms with Crippen molar-refractivity contribution in [2.45, 2.75) is 24.9 Å². The number of nitrogens with one attached hydrogen (secondary N) is 2. The Hall–Kier alpha value is -3.72. The van der Waals surface area contributed by atoms with Gasteiger partial charge in [0.25, 0.3) is 5.91 Å². The molecule has 2 aliphatic heterocycles. The zero-order valence-corrected chi connectivity index (χ0v) is 20.1. The lowest BCUT2D eigenvalue weighted by atomic mass is 10.1. The number of carbonyl (C=O) groups is 1. The van der Waals surface area contributed by atoms with Gasteiger partial charge in [-0.2, -0.15) is 0 Å². The molecule has 5 rings (SSSR count). The van der Waals surface area contributed by atoms with Crippen LogP contribution in [0.4, 0.5) is 21.6 Å². The first-order valence-corrected chi connectivity index (χ1v) is 11.7. The quantitative estimate of drug-likeness (QED) is 0.559. The molecule has 2 aromatic carbocycles. The molecule has 0 bridgehead atoms. The van der Waals surface area contributed by atoms with Crippen molar-refractivity contribution in [2.75, 3.05) is 44.9 Å². The molecule has 0 aliphatic carbocycles. The summed E-state index contributed by atoms with van der Waals surface area (Å²) in [6.07, 6.45) is 4.95. The van der Waals surface area contributed by atoms with Gasteiger partial charge >= 0.3 is 0 Å². The van der Waals surface area contributed by atoms with Crippen LogP contribution in [0.1, 0.15) is 34.1 Å². The Kier molecular flexibility index (Phi) is 6.25. The number of hydrogen-bond acceptors (Lipinski definition) is 7. The molecule has 0 spiro atoms. The molecule has 35 heavy (non-hydrogen) atoms. The van der Waals surface area contributed by atoms with E-state index in [0.29, 0.717) is 29.2 Å². The van der Waals surface area contributed by atoms with E-state index in [-0.39, 0.29) is 23.8 Å². The van der Waals surface area contributed by atoms with Gasteiger partial charge in [0.05, 0.1) is 36.9 Å². The Bertz CT molecular complexity index is 1250. The molecule has 1 aromatic heterocycles. The number of fused-ring (bicyclic) bond motifs is 1. The Morgan fingerprint density at radius 2 is 2.11 bits per heavy atom. The highest BCUT2D eigenvalue weighted by atomic mass is 19.1. The molecule has 8 nitrogen and oxygen atoms in total. The van der Waals surface area contributed by atoms with E-state index in [4.69, 9.17) is 9.72 Å². The molecule has 3 aromatic rings. The highest BCUT2D eigenvalue weighted by Crippen LogP contribution is 2.34. The molecule has 2 unspecified atom stereocenters. The minimum absolute atomic E-state index is 0.0275. The summed E-state index contributed by atoms with van der Waals surface area (Å²) in [5.41, 5.74) is 3.84. The Morgan fingerprint density at radius 3 is 2.89 bits per heavy atom. The largest absolute Gasteiger partial charge is 0.495 e. The number of ether oxygens (including phenoxy) is 1. The molecule has 1 fully saturated rings. The van der Waals surface area contributed by atoms with Gasteiger partial charge in [0.1, 0.15) is 17.4 Å². The SMILES string of the molecule is COc1cc(C(=O)N(C)C2CCN(C)C2)ccc1Nc1cncc(C2Cc3cc(F)ccc3N2)n1. The zero-order chi connectivity index (χ0) is 24.5. The van der Waals surface area contributed by atoms with Gasteiger partial charge in [-0.05, 0) is 62.0 Å². The smallest absolute Gasteiger partial charge is 0.254 e. The van der Waals surface area contributed by atoms with Crippen LogP contribution in [0.25, 0.3) is 0 Å². The Morgan fingerprint density at radius 1 is 1.26 bits per heavy atom. The first-order valence-electron chi connectivity index (χ1n) is 11.7. The van der Waals surface area contributed by atoms with E-state index in [9.17, 15) is 9.18 Å². The number of likely N-dealkylation sites (N-methyl/N-ethyl adjacent to an activating group) is 2. The first-order chi connectivity index (χ1) is 16.9. The third-order valence-electron chi connectivity index (χ3n) is 6.78. The number of rotatable bonds is 6. The summed E-state index contributed by atoms with van der Waals surface area (Å²) in [5.74, 6) is 0.820. The Balaban J connectivity index is 1.31. The molecule has 1 saturated heterocycles. The Labute approximate surface area is 204 Å². The summed E-state index contributed by atoms with van der Waals surface area (Å²) in [6, 6.07) is 10.2. The standard InChI is InChI=1S/C26H29FN6O2/c1-32-9-8-19(15-32)33(2)26(34)16-4-6-21(24(12-16)35-3)30-25-14-28-13-23(31-25)22-11-17-10-18(27)5-7-20(17)29-22/h4-7,10,12-14,19,22,29H,8-9,11,15H2,1-3H3,(H,30,31). The minimum atomic E-state index is -0.247. The fourth-order valence-electron chi connectivity index (χ4n) is 4.78. The highest BCUT2D eigenvalue weighted by molar-refractivity contribution is 5.95. The van der Waals surface area contributed by atoms with Crippen LogP contribution in [0, 0.1) is 5.82 Å². The number of nitrogens with zero attached hydrogens (tertiary/aromatic N) is 4. The number of benzene rings is 2. The van der Waals surface area contributed by atoms with Crippen LogP contribution in [-0.4, -0.2) is 66.0 Å². The number of hydrogen-bond donors (Lipinski definition) is 2. The van der Waals surface area contributed by atoms with Crippen molar-refractivity contribution < 1.29 is 13.9 Å². The van der Waals surface area contributed by atoms with Crippen LogP contribution in [-0.2, 0) is 6.42 Å². The molecule has 2 atom stereocenters. The first kappa shape index (κ1) is 23.0. The molecule has 0 radical (unpaired) electrons. The minimum Gasteiger partial charge on any atom is -0.495 e. The molecular formula is C26H29FN6O2. The topological polar surface area (TPSA) is 82.6 Å². The molecular weight excluding hydrogens is 447 g/mol. The second kappa shape index (κ2) is 9.50. The number of carbonyl (C=O) groups excluding carboxylic acids is 1. The number of halogens is 1. The van der Waals surface area contributed by atoms with Crippen molar-refractivity contribution in [1.29, 1.82) is 0 Å². The summed E-state index contributed by atoms with van der Waals surface area (Å²) in [5, 5.41) is 6.64. The number of anilines is 3. The molecule has 9 heteroatoms. The van der Waals surface area contributed by atoms with Crippen LogP contribution < -0.4 is 15.4 Å². The molecule has 3 heterocycles. The van der Waals surface area contributed by atoms with Crippen molar-refractivity contribution in [3.63, 3.8) is 0 Å². The number of likely N-dealkylation sites (tertiary alicyclic amines) is 1. The monoisotopic (exact) mass is 476 g/mol. The zero-order valence-electron chi connectivity index (χ0n) is 20.1. The molecule has 1 amide bonds. The van der Waals surface area contributed by atoms with E-state index in [1.54, 1.807) is 43.8 Å². The van der Waals surface area contributed by atoms with Gasteiger partial charge in [0, 0.05) is 37.3 Å². The second-order valence-corrected chi connectivity index (χ2v) is 9.19. The number of amides is 1. The van der Waals surface area contributed by atoms with Gasteiger partial charge in [-0.1, -0.05) is 0 Å². The average Bonchev–Trinajstić information content (AvgIpc) is 3.49. The van der Waals surface area contributed by atoms with Gasteiger partial charge in [0.15, 0.2) is 0 Å². The van der Waals surface area contributed by atoms with E-state index in [1.807, 2.05) is 18.0 Å². The van der Waals surface area contributed by atoms with E-state index in [1.165, 1.54) is 6.07 Å². The normalized spacial score (nSPS) is 19.2. The maximum absolute atomic E-state index is 13.6. The van der Waals surface area contributed by atoms with Crippen molar-refractivity contribution in [2.24, 2.45) is 0 Å². The lowest BCUT2D eigenvalue weighted by Crippen LogP contribution is -2.38. The third-order valence-corrected chi connectivity index (χ3v) is 6.78. The van der Waals surface area contributed by atoms with Crippen molar-refractivity contribution in [3.8, 4) is 5.75 Å². The maximum atomic E-state index is 13.6. The summed E-state index contributed by atoms with van der Waals surface area (Å²) in [6.45, 7) is 1.87. The molecule has 0 saturated carbocycles. The van der Waals surface area contributed by atoms with Crippen LogP contribution in [0.2, 0.25) is 0 Å². The summed E-state index contributed by atoms with van der Waals surface area (Å²) < 4.78 is 19.2. The predicted molar refractivity (Wildman–Crippen MR) is 133 cm³/mol. The molecule has 2 aliphatic rings. The number of aromatic nitrogens is 2. The highest BCUT2D eigenvalue weighted by Gasteiger charge is 2.28. The average molecular weight is 477 g/mol. The van der Waals surface area contributed by atoms with Gasteiger partial charge in [0.2, 0.25) is 0 Å². The summed E-state index contributed by atoms with van der Waals surface area (Å²) >= 11 is 0. The van der Waals surface area contributed by atoms with Gasteiger partial charge < -0.3 is 25.2 Å². The third kappa shape index (κ3) is 4.77. The fourth-order valence-corrected chi connectivity index (χ4v) is 4.78. The van der Waals surface area contributed by atoms with Crippen LogP contribution in [0.15, 0.2) is 48.8 Å². The van der Waals surface area contributed by atoms with Gasteiger partial charge in [-0.25, -0.2) is 9.37 Å². The lowest BCUT2D eigenvalue weighted by Gasteiger charge is -2.25. The van der Waals surface area contributed by atoms with Crippen molar-refractivity contribution >= 4 is 23.1 Å². The van der Waals surface area contributed by atoms with Crippen molar-refractivity contribution in [3.05, 3.63) is 71.4 Å². The van der Waals surface area contributed by atoms with E-state index in [2.05, 4.69) is 27.6 Å². The second-order valence-electron chi connectivity index (χ2n) is 9.19. The predicted octanol–water partition coefficient (Wildman–Crippen LogP) is 3.85.